The Kier molecular flexibility index (Phi) is 4.69. The number of carbonyl (C=O) groups is 1. The maximum Gasteiger partial charge on any atom is 0.223 e. The first kappa shape index (κ1) is 18.7. The molecule has 6 heteroatoms. The minimum atomic E-state index is 0.188. The number of carbonyl (C=O) groups excluding carboxylic acids is 1. The second-order valence-corrected chi connectivity index (χ2v) is 8.09. The van der Waals surface area contributed by atoms with E-state index in [4.69, 9.17) is 10.1 Å². The summed E-state index contributed by atoms with van der Waals surface area (Å²) >= 11 is 0. The van der Waals surface area contributed by atoms with Crippen LogP contribution < -0.4 is 0 Å². The van der Waals surface area contributed by atoms with Crippen LogP contribution in [0.4, 0.5) is 0 Å². The average Bonchev–Trinajstić information content (AvgIpc) is 3.53. The topological polar surface area (TPSA) is 63.4 Å². The van der Waals surface area contributed by atoms with E-state index in [2.05, 4.69) is 18.0 Å². The molecule has 0 radical (unpaired) electrons. The van der Waals surface area contributed by atoms with Crippen LogP contribution in [0.3, 0.4) is 0 Å². The smallest absolute Gasteiger partial charge is 0.223 e. The monoisotopic (exact) mass is 399 g/mol. The van der Waals surface area contributed by atoms with Crippen molar-refractivity contribution in [3.8, 4) is 0 Å². The van der Waals surface area contributed by atoms with E-state index in [-0.39, 0.29) is 5.91 Å². The minimum Gasteiger partial charge on any atom is -0.334 e. The van der Waals surface area contributed by atoms with Crippen molar-refractivity contribution < 1.29 is 4.79 Å². The van der Waals surface area contributed by atoms with Gasteiger partial charge in [0.1, 0.15) is 0 Å². The van der Waals surface area contributed by atoms with Crippen LogP contribution in [0.5, 0.6) is 0 Å². The quantitative estimate of drug-likeness (QED) is 0.491. The lowest BCUT2D eigenvalue weighted by Gasteiger charge is -2.22. The number of hydrogen-bond donors (Lipinski definition) is 0. The summed E-state index contributed by atoms with van der Waals surface area (Å²) in [6, 6.07) is 14.3. The summed E-state index contributed by atoms with van der Waals surface area (Å²) in [5.41, 5.74) is 5.90. The molecule has 4 aromatic rings. The van der Waals surface area contributed by atoms with Crippen molar-refractivity contribution in [2.45, 2.75) is 52.1 Å². The molecule has 30 heavy (non-hydrogen) atoms. The van der Waals surface area contributed by atoms with Gasteiger partial charge in [-0.25, -0.2) is 9.50 Å². The number of hydrogen-bond acceptors (Lipinski definition) is 4. The highest BCUT2D eigenvalue weighted by atomic mass is 16.2. The Morgan fingerprint density at radius 1 is 1.13 bits per heavy atom. The molecule has 3 heterocycles. The van der Waals surface area contributed by atoms with Gasteiger partial charge in [0.2, 0.25) is 5.91 Å². The maximum atomic E-state index is 13.1. The third kappa shape index (κ3) is 3.43. The summed E-state index contributed by atoms with van der Waals surface area (Å²) in [5.74, 6) is 0.188. The normalized spacial score (nSPS) is 13.8. The lowest BCUT2D eigenvalue weighted by atomic mass is 10.1. The average molecular weight is 399 g/mol. The summed E-state index contributed by atoms with van der Waals surface area (Å²) in [7, 11) is 0. The molecule has 3 aromatic heterocycles. The second-order valence-electron chi connectivity index (χ2n) is 8.09. The first-order valence-corrected chi connectivity index (χ1v) is 10.5. The van der Waals surface area contributed by atoms with Crippen molar-refractivity contribution in [1.29, 1.82) is 0 Å². The van der Waals surface area contributed by atoms with Crippen LogP contribution >= 0.6 is 0 Å². The number of amides is 1. The van der Waals surface area contributed by atoms with E-state index in [0.29, 0.717) is 25.4 Å². The molecular weight excluding hydrogens is 374 g/mol. The van der Waals surface area contributed by atoms with Crippen molar-refractivity contribution >= 4 is 22.5 Å². The number of aryl methyl sites for hydroxylation is 2. The zero-order valence-corrected chi connectivity index (χ0v) is 17.4. The van der Waals surface area contributed by atoms with Crippen LogP contribution in [0.15, 0.2) is 48.7 Å². The predicted octanol–water partition coefficient (Wildman–Crippen LogP) is 4.02. The van der Waals surface area contributed by atoms with E-state index in [1.807, 2.05) is 52.7 Å². The highest BCUT2D eigenvalue weighted by Gasteiger charge is 2.32. The number of rotatable bonds is 6. The van der Waals surface area contributed by atoms with Crippen molar-refractivity contribution in [1.82, 2.24) is 24.5 Å². The Morgan fingerprint density at radius 2 is 1.93 bits per heavy atom. The van der Waals surface area contributed by atoms with E-state index in [1.54, 1.807) is 6.20 Å². The van der Waals surface area contributed by atoms with E-state index in [0.717, 1.165) is 52.0 Å². The van der Waals surface area contributed by atoms with Gasteiger partial charge in [0.05, 0.1) is 17.8 Å². The van der Waals surface area contributed by atoms with Crippen molar-refractivity contribution in [2.75, 3.05) is 0 Å². The third-order valence-corrected chi connectivity index (χ3v) is 5.97. The van der Waals surface area contributed by atoms with Crippen LogP contribution in [-0.4, -0.2) is 36.4 Å². The van der Waals surface area contributed by atoms with Gasteiger partial charge in [-0.2, -0.15) is 5.10 Å². The van der Waals surface area contributed by atoms with Crippen molar-refractivity contribution in [2.24, 2.45) is 0 Å². The zero-order chi connectivity index (χ0) is 20.7. The lowest BCUT2D eigenvalue weighted by Crippen LogP contribution is -2.33. The zero-order valence-electron chi connectivity index (χ0n) is 17.4. The number of fused-ring (bicyclic) bond motifs is 3. The Labute approximate surface area is 175 Å². The predicted molar refractivity (Wildman–Crippen MR) is 116 cm³/mol. The van der Waals surface area contributed by atoms with Gasteiger partial charge in [0.15, 0.2) is 5.65 Å². The van der Waals surface area contributed by atoms with Crippen LogP contribution in [-0.2, 0) is 17.8 Å². The standard InChI is InChI=1S/C24H25N5O/c1-16-20(17(2)29-24(26-16)21-8-3-4-9-22(21)27-29)12-13-23(30)28(19-10-11-19)15-18-7-5-6-14-25-18/h3-9,14,19H,10-13,15H2,1-2H3. The molecule has 0 unspecified atom stereocenters. The molecule has 1 aliphatic rings. The largest absolute Gasteiger partial charge is 0.334 e. The molecular formula is C24H25N5O. The Morgan fingerprint density at radius 3 is 2.70 bits per heavy atom. The van der Waals surface area contributed by atoms with Crippen LogP contribution in [0.1, 0.15) is 41.9 Å². The molecule has 6 nitrogen and oxygen atoms in total. The highest BCUT2D eigenvalue weighted by molar-refractivity contribution is 5.92. The summed E-state index contributed by atoms with van der Waals surface area (Å²) in [6.45, 7) is 4.69. The Bertz CT molecular complexity index is 1230. The molecule has 0 N–H and O–H groups in total. The molecule has 1 amide bonds. The molecule has 0 atom stereocenters. The number of aromatic nitrogens is 4. The highest BCUT2D eigenvalue weighted by Crippen LogP contribution is 2.29. The first-order valence-electron chi connectivity index (χ1n) is 10.5. The van der Waals surface area contributed by atoms with Crippen LogP contribution in [0, 0.1) is 13.8 Å². The van der Waals surface area contributed by atoms with E-state index in [1.165, 1.54) is 0 Å². The van der Waals surface area contributed by atoms with Crippen molar-refractivity contribution in [3.05, 3.63) is 71.3 Å². The van der Waals surface area contributed by atoms with Gasteiger partial charge < -0.3 is 4.90 Å². The summed E-state index contributed by atoms with van der Waals surface area (Å²) in [4.78, 5) is 24.3. The number of nitrogens with zero attached hydrogens (tertiary/aromatic N) is 5. The molecule has 0 saturated heterocycles. The third-order valence-electron chi connectivity index (χ3n) is 5.97. The minimum absolute atomic E-state index is 0.188. The fraction of sp³-hybridized carbons (Fsp3) is 0.333. The Balaban J connectivity index is 1.38. The lowest BCUT2D eigenvalue weighted by molar-refractivity contribution is -0.132. The number of pyridine rings is 1. The Hall–Kier alpha value is -3.28. The van der Waals surface area contributed by atoms with Gasteiger partial charge in [-0.15, -0.1) is 0 Å². The fourth-order valence-electron chi connectivity index (χ4n) is 4.19. The number of benzene rings is 1. The summed E-state index contributed by atoms with van der Waals surface area (Å²) < 4.78 is 1.92. The second kappa shape index (κ2) is 7.52. The van der Waals surface area contributed by atoms with Crippen molar-refractivity contribution in [3.63, 3.8) is 0 Å². The molecule has 1 fully saturated rings. The molecule has 5 rings (SSSR count). The van der Waals surface area contributed by atoms with Gasteiger partial charge in [-0.1, -0.05) is 18.2 Å². The molecule has 1 saturated carbocycles. The molecule has 0 bridgehead atoms. The van der Waals surface area contributed by atoms with E-state index in [9.17, 15) is 4.79 Å². The molecule has 1 aromatic carbocycles. The van der Waals surface area contributed by atoms with Gasteiger partial charge >= 0.3 is 0 Å². The van der Waals surface area contributed by atoms with E-state index < -0.39 is 0 Å². The molecule has 152 valence electrons. The van der Waals surface area contributed by atoms with Gasteiger partial charge in [-0.3, -0.25) is 9.78 Å². The van der Waals surface area contributed by atoms with Gasteiger partial charge in [0.25, 0.3) is 0 Å². The summed E-state index contributed by atoms with van der Waals surface area (Å²) in [6.07, 6.45) is 5.10. The fourth-order valence-corrected chi connectivity index (χ4v) is 4.19. The van der Waals surface area contributed by atoms with Gasteiger partial charge in [0, 0.05) is 35.4 Å². The molecule has 0 spiro atoms. The first-order chi connectivity index (χ1) is 14.6. The molecule has 1 aliphatic carbocycles. The van der Waals surface area contributed by atoms with Crippen LogP contribution in [0.2, 0.25) is 0 Å². The summed E-state index contributed by atoms with van der Waals surface area (Å²) in [5, 5.41) is 5.78. The SMILES string of the molecule is Cc1nc2c3ccccc3nn2c(C)c1CCC(=O)N(Cc1ccccn1)C1CC1. The van der Waals surface area contributed by atoms with Gasteiger partial charge in [-0.05, 0) is 62.9 Å². The van der Waals surface area contributed by atoms with E-state index >= 15 is 0 Å². The van der Waals surface area contributed by atoms with Crippen LogP contribution in [0.25, 0.3) is 16.6 Å². The maximum absolute atomic E-state index is 13.1. The molecule has 0 aliphatic heterocycles.